The lowest BCUT2D eigenvalue weighted by atomic mass is 10.1. The van der Waals surface area contributed by atoms with Gasteiger partial charge in [-0.2, -0.15) is 0 Å². The van der Waals surface area contributed by atoms with E-state index < -0.39 is 10.5 Å². The molecule has 0 saturated carbocycles. The fourth-order valence-corrected chi connectivity index (χ4v) is 1.79. The van der Waals surface area contributed by atoms with Gasteiger partial charge in [0.15, 0.2) is 6.29 Å². The van der Waals surface area contributed by atoms with Crippen LogP contribution in [0, 0.1) is 10.1 Å². The van der Waals surface area contributed by atoms with Crippen molar-refractivity contribution < 1.29 is 9.72 Å². The fourth-order valence-electron chi connectivity index (χ4n) is 1.79. The molecular weight excluding hydrogens is 248 g/mol. The molecule has 0 atom stereocenters. The van der Waals surface area contributed by atoms with E-state index in [1.165, 1.54) is 22.8 Å². The number of non-ortho nitro benzene ring substituents is 1. The van der Waals surface area contributed by atoms with E-state index in [-0.39, 0.29) is 11.3 Å². The number of aldehydes is 1. The van der Waals surface area contributed by atoms with Gasteiger partial charge in [0.25, 0.3) is 11.2 Å². The summed E-state index contributed by atoms with van der Waals surface area (Å²) in [7, 11) is 1.55. The summed E-state index contributed by atoms with van der Waals surface area (Å²) >= 11 is 0. The van der Waals surface area contributed by atoms with Crippen molar-refractivity contribution in [2.24, 2.45) is 7.05 Å². The Kier molecular flexibility index (Phi) is 3.24. The molecule has 0 fully saturated rings. The predicted octanol–water partition coefficient (Wildman–Crippen LogP) is 1.77. The zero-order valence-electron chi connectivity index (χ0n) is 10.1. The van der Waals surface area contributed by atoms with Crippen LogP contribution in [0.1, 0.15) is 10.4 Å². The van der Waals surface area contributed by atoms with Crippen molar-refractivity contribution in [3.05, 3.63) is 62.4 Å². The second-order valence-electron chi connectivity index (χ2n) is 3.96. The molecule has 1 aromatic carbocycles. The molecule has 96 valence electrons. The summed E-state index contributed by atoms with van der Waals surface area (Å²) < 4.78 is 1.34. The molecule has 0 N–H and O–H groups in total. The normalized spacial score (nSPS) is 10.2. The second-order valence-corrected chi connectivity index (χ2v) is 3.96. The Bertz CT molecular complexity index is 702. The van der Waals surface area contributed by atoms with Crippen molar-refractivity contribution in [2.75, 3.05) is 0 Å². The van der Waals surface area contributed by atoms with Gasteiger partial charge in [-0.25, -0.2) is 0 Å². The van der Waals surface area contributed by atoms with Crippen molar-refractivity contribution in [2.45, 2.75) is 0 Å². The average molecular weight is 258 g/mol. The van der Waals surface area contributed by atoms with Crippen LogP contribution in [-0.4, -0.2) is 15.8 Å². The molecule has 0 aliphatic heterocycles. The van der Waals surface area contributed by atoms with E-state index in [4.69, 9.17) is 0 Å². The third-order valence-electron chi connectivity index (χ3n) is 2.83. The molecule has 1 aromatic heterocycles. The standard InChI is InChI=1S/C13H10N2O4/c1-14-12(7-4-10(8-16)13(14)17)9-2-5-11(6-3-9)15(18)19/h2-8H,1H3. The van der Waals surface area contributed by atoms with E-state index in [1.807, 2.05) is 0 Å². The summed E-state index contributed by atoms with van der Waals surface area (Å²) in [5.74, 6) is 0. The molecule has 0 amide bonds. The monoisotopic (exact) mass is 258 g/mol. The zero-order chi connectivity index (χ0) is 14.0. The number of nitro benzene ring substituents is 1. The Hall–Kier alpha value is -2.76. The number of nitrogens with zero attached hydrogens (tertiary/aromatic N) is 2. The van der Waals surface area contributed by atoms with E-state index in [9.17, 15) is 19.7 Å². The Labute approximate surface area is 108 Å². The number of carbonyl (C=O) groups is 1. The van der Waals surface area contributed by atoms with Gasteiger partial charge < -0.3 is 4.57 Å². The highest BCUT2D eigenvalue weighted by Crippen LogP contribution is 2.21. The van der Waals surface area contributed by atoms with Crippen molar-refractivity contribution in [1.29, 1.82) is 0 Å². The molecule has 0 saturated heterocycles. The lowest BCUT2D eigenvalue weighted by molar-refractivity contribution is -0.384. The molecule has 0 aliphatic rings. The van der Waals surface area contributed by atoms with Crippen LogP contribution in [0.5, 0.6) is 0 Å². The average Bonchev–Trinajstić information content (AvgIpc) is 2.42. The molecule has 0 unspecified atom stereocenters. The van der Waals surface area contributed by atoms with E-state index in [0.29, 0.717) is 17.5 Å². The van der Waals surface area contributed by atoms with Gasteiger partial charge in [-0.05, 0) is 29.8 Å². The number of hydrogen-bond acceptors (Lipinski definition) is 4. The minimum absolute atomic E-state index is 0.0155. The summed E-state index contributed by atoms with van der Waals surface area (Å²) in [6.07, 6.45) is 0.502. The van der Waals surface area contributed by atoms with Crippen LogP contribution >= 0.6 is 0 Å². The molecular formula is C13H10N2O4. The molecule has 0 aliphatic carbocycles. The summed E-state index contributed by atoms with van der Waals surface area (Å²) in [5.41, 5.74) is 0.922. The lowest BCUT2D eigenvalue weighted by Crippen LogP contribution is -2.21. The summed E-state index contributed by atoms with van der Waals surface area (Å²) in [6.45, 7) is 0. The summed E-state index contributed by atoms with van der Waals surface area (Å²) in [6, 6.07) is 8.93. The van der Waals surface area contributed by atoms with Crippen molar-refractivity contribution in [3.8, 4) is 11.3 Å². The lowest BCUT2D eigenvalue weighted by Gasteiger charge is -2.08. The Morgan fingerprint density at radius 3 is 2.32 bits per heavy atom. The SMILES string of the molecule is Cn1c(-c2ccc([N+](=O)[O-])cc2)ccc(C=O)c1=O. The number of carbonyl (C=O) groups excluding carboxylic acids is 1. The maximum atomic E-state index is 11.8. The van der Waals surface area contributed by atoms with Crippen LogP contribution in [0.15, 0.2) is 41.2 Å². The quantitative estimate of drug-likeness (QED) is 0.477. The Morgan fingerprint density at radius 1 is 1.16 bits per heavy atom. The molecule has 1 heterocycles. The van der Waals surface area contributed by atoms with Crippen LogP contribution < -0.4 is 5.56 Å². The second kappa shape index (κ2) is 4.85. The Morgan fingerprint density at radius 2 is 1.79 bits per heavy atom. The first-order chi connectivity index (χ1) is 9.04. The minimum atomic E-state index is -0.488. The highest BCUT2D eigenvalue weighted by molar-refractivity contribution is 5.75. The maximum Gasteiger partial charge on any atom is 0.269 e. The van der Waals surface area contributed by atoms with Gasteiger partial charge in [0.05, 0.1) is 16.2 Å². The minimum Gasteiger partial charge on any atom is -0.311 e. The molecule has 0 radical (unpaired) electrons. The van der Waals surface area contributed by atoms with Crippen molar-refractivity contribution in [1.82, 2.24) is 4.57 Å². The molecule has 0 spiro atoms. The van der Waals surface area contributed by atoms with E-state index in [1.54, 1.807) is 25.2 Å². The van der Waals surface area contributed by atoms with Gasteiger partial charge in [-0.1, -0.05) is 0 Å². The first-order valence-electron chi connectivity index (χ1n) is 5.44. The number of pyridine rings is 1. The van der Waals surface area contributed by atoms with Crippen LogP contribution in [0.25, 0.3) is 11.3 Å². The maximum absolute atomic E-state index is 11.8. The summed E-state index contributed by atoms with van der Waals surface area (Å²) in [4.78, 5) is 32.5. The number of nitro groups is 1. The molecule has 19 heavy (non-hydrogen) atoms. The highest BCUT2D eigenvalue weighted by Gasteiger charge is 2.09. The van der Waals surface area contributed by atoms with Gasteiger partial charge in [-0.15, -0.1) is 0 Å². The van der Waals surface area contributed by atoms with Crippen LogP contribution in [0.2, 0.25) is 0 Å². The number of rotatable bonds is 3. The van der Waals surface area contributed by atoms with Gasteiger partial charge in [0.1, 0.15) is 0 Å². The third kappa shape index (κ3) is 2.28. The zero-order valence-corrected chi connectivity index (χ0v) is 10.1. The first kappa shape index (κ1) is 12.7. The van der Waals surface area contributed by atoms with E-state index in [2.05, 4.69) is 0 Å². The largest absolute Gasteiger partial charge is 0.311 e. The van der Waals surface area contributed by atoms with Crippen molar-refractivity contribution >= 4 is 12.0 Å². The number of aromatic nitrogens is 1. The van der Waals surface area contributed by atoms with Gasteiger partial charge in [-0.3, -0.25) is 19.7 Å². The predicted molar refractivity (Wildman–Crippen MR) is 69.2 cm³/mol. The van der Waals surface area contributed by atoms with Gasteiger partial charge in [0.2, 0.25) is 0 Å². The van der Waals surface area contributed by atoms with Gasteiger partial charge in [0, 0.05) is 19.2 Å². The molecule has 6 nitrogen and oxygen atoms in total. The highest BCUT2D eigenvalue weighted by atomic mass is 16.6. The molecule has 2 rings (SSSR count). The van der Waals surface area contributed by atoms with Crippen molar-refractivity contribution in [3.63, 3.8) is 0 Å². The fraction of sp³-hybridized carbons (Fsp3) is 0.0769. The summed E-state index contributed by atoms with van der Waals surface area (Å²) in [5, 5.41) is 10.6. The van der Waals surface area contributed by atoms with E-state index in [0.717, 1.165) is 0 Å². The Balaban J connectivity index is 2.53. The third-order valence-corrected chi connectivity index (χ3v) is 2.83. The number of benzene rings is 1. The molecule has 0 bridgehead atoms. The van der Waals surface area contributed by atoms with E-state index >= 15 is 0 Å². The number of hydrogen-bond donors (Lipinski definition) is 0. The topological polar surface area (TPSA) is 82.2 Å². The van der Waals surface area contributed by atoms with Crippen LogP contribution in [0.3, 0.4) is 0 Å². The van der Waals surface area contributed by atoms with Gasteiger partial charge >= 0.3 is 0 Å². The van der Waals surface area contributed by atoms with Crippen LogP contribution in [-0.2, 0) is 7.05 Å². The smallest absolute Gasteiger partial charge is 0.269 e. The first-order valence-corrected chi connectivity index (χ1v) is 5.44. The molecule has 2 aromatic rings. The molecule has 6 heteroatoms. The van der Waals surface area contributed by atoms with Crippen LogP contribution in [0.4, 0.5) is 5.69 Å².